The van der Waals surface area contributed by atoms with Crippen LogP contribution in [0.4, 0.5) is 9.59 Å². The van der Waals surface area contributed by atoms with E-state index in [2.05, 4.69) is 15.4 Å². The van der Waals surface area contributed by atoms with Crippen molar-refractivity contribution in [2.24, 2.45) is 0 Å². The van der Waals surface area contributed by atoms with Crippen LogP contribution in [0, 0.1) is 6.92 Å². The molecule has 6 nitrogen and oxygen atoms in total. The van der Waals surface area contributed by atoms with Gasteiger partial charge in [-0.15, -0.1) is 0 Å². The fourth-order valence-corrected chi connectivity index (χ4v) is 2.70. The highest BCUT2D eigenvalue weighted by Crippen LogP contribution is 2.37. The van der Waals surface area contributed by atoms with Crippen LogP contribution in [-0.2, 0) is 4.74 Å². The molecule has 0 unspecified atom stereocenters. The van der Waals surface area contributed by atoms with Gasteiger partial charge in [0.2, 0.25) is 0 Å². The number of nitrogens with one attached hydrogen (secondary N) is 2. The summed E-state index contributed by atoms with van der Waals surface area (Å²) in [6.07, 6.45) is -1.31. The van der Waals surface area contributed by atoms with Gasteiger partial charge in [0, 0.05) is 10.9 Å². The third-order valence-electron chi connectivity index (χ3n) is 4.09. The maximum absolute atomic E-state index is 12.2. The summed E-state index contributed by atoms with van der Waals surface area (Å²) < 4.78 is 10.1. The van der Waals surface area contributed by atoms with Crippen molar-refractivity contribution in [1.82, 2.24) is 10.6 Å². The molecule has 3 aromatic rings. The van der Waals surface area contributed by atoms with E-state index >= 15 is 0 Å². The van der Waals surface area contributed by atoms with Gasteiger partial charge in [0.1, 0.15) is 5.75 Å². The van der Waals surface area contributed by atoms with Gasteiger partial charge in [0.05, 0.1) is 13.8 Å². The largest absolute Gasteiger partial charge is 0.453 e. The number of methoxy groups -OCH3 is 1. The Morgan fingerprint density at radius 2 is 1.59 bits per heavy atom. The molecule has 2 amide bonds. The highest BCUT2D eigenvalue weighted by molar-refractivity contribution is 5.97. The summed E-state index contributed by atoms with van der Waals surface area (Å²) in [6, 6.07) is 19.6. The third kappa shape index (κ3) is 4.36. The number of carbonyl (C=O) groups is 2. The molecule has 6 heteroatoms. The number of alkyl carbamates (subject to hydrolysis) is 1. The second-order valence-electron chi connectivity index (χ2n) is 5.94. The lowest BCUT2D eigenvalue weighted by molar-refractivity contribution is 0.169. The number of hydrogen-bond donors (Lipinski definition) is 2. The molecular weight excluding hydrogens is 344 g/mol. The van der Waals surface area contributed by atoms with E-state index in [1.165, 1.54) is 7.11 Å². The first-order chi connectivity index (χ1) is 13.1. The number of ether oxygens (including phenoxy) is 2. The number of carbonyl (C=O) groups excluding carboxylic acids is 2. The maximum atomic E-state index is 12.2. The average Bonchev–Trinajstić information content (AvgIpc) is 2.69. The topological polar surface area (TPSA) is 76.7 Å². The summed E-state index contributed by atoms with van der Waals surface area (Å²) in [5, 5.41) is 6.63. The van der Waals surface area contributed by atoms with Gasteiger partial charge >= 0.3 is 12.2 Å². The van der Waals surface area contributed by atoms with Gasteiger partial charge in [-0.1, -0.05) is 60.2 Å². The molecule has 2 N–H and O–H groups in total. The van der Waals surface area contributed by atoms with Crippen molar-refractivity contribution >= 4 is 23.0 Å². The minimum atomic E-state index is -0.670. The van der Waals surface area contributed by atoms with Gasteiger partial charge in [0.15, 0.2) is 0 Å². The second-order valence-corrected chi connectivity index (χ2v) is 5.94. The number of hydrogen-bond acceptors (Lipinski definition) is 4. The lowest BCUT2D eigenvalue weighted by atomic mass is 9.99. The van der Waals surface area contributed by atoms with Gasteiger partial charge in [-0.25, -0.2) is 9.59 Å². The van der Waals surface area contributed by atoms with Gasteiger partial charge in [0.25, 0.3) is 0 Å². The van der Waals surface area contributed by atoms with Crippen LogP contribution >= 0.6 is 0 Å². The van der Waals surface area contributed by atoms with Crippen molar-refractivity contribution in [2.75, 3.05) is 13.8 Å². The Bertz CT molecular complexity index is 968. The van der Waals surface area contributed by atoms with Crippen LogP contribution in [0.25, 0.3) is 21.9 Å². The van der Waals surface area contributed by atoms with Crippen LogP contribution in [0.1, 0.15) is 5.56 Å². The maximum Gasteiger partial charge on any atom is 0.414 e. The summed E-state index contributed by atoms with van der Waals surface area (Å²) in [5.41, 5.74) is 2.90. The zero-order chi connectivity index (χ0) is 19.2. The quantitative estimate of drug-likeness (QED) is 0.680. The second kappa shape index (κ2) is 8.23. The van der Waals surface area contributed by atoms with Crippen molar-refractivity contribution in [3.63, 3.8) is 0 Å². The minimum Gasteiger partial charge on any atom is -0.453 e. The van der Waals surface area contributed by atoms with E-state index in [1.807, 2.05) is 67.6 Å². The van der Waals surface area contributed by atoms with Crippen molar-refractivity contribution in [3.05, 3.63) is 66.2 Å². The molecule has 0 aromatic heterocycles. The van der Waals surface area contributed by atoms with Crippen LogP contribution in [0.15, 0.2) is 60.7 Å². The smallest absolute Gasteiger partial charge is 0.414 e. The Morgan fingerprint density at radius 1 is 0.889 bits per heavy atom. The van der Waals surface area contributed by atoms with E-state index in [4.69, 9.17) is 4.74 Å². The van der Waals surface area contributed by atoms with Crippen LogP contribution in [-0.4, -0.2) is 26.0 Å². The van der Waals surface area contributed by atoms with E-state index in [0.29, 0.717) is 5.75 Å². The van der Waals surface area contributed by atoms with Gasteiger partial charge in [-0.3, -0.25) is 0 Å². The Morgan fingerprint density at radius 3 is 2.33 bits per heavy atom. The summed E-state index contributed by atoms with van der Waals surface area (Å²) >= 11 is 0. The highest BCUT2D eigenvalue weighted by Gasteiger charge is 2.15. The lowest BCUT2D eigenvalue weighted by Gasteiger charge is -2.14. The molecule has 27 heavy (non-hydrogen) atoms. The predicted molar refractivity (Wildman–Crippen MR) is 104 cm³/mol. The van der Waals surface area contributed by atoms with Crippen molar-refractivity contribution < 1.29 is 19.1 Å². The molecule has 0 atom stereocenters. The van der Waals surface area contributed by atoms with Crippen molar-refractivity contribution in [2.45, 2.75) is 6.92 Å². The van der Waals surface area contributed by atoms with Crippen molar-refractivity contribution in [3.8, 4) is 16.9 Å². The first kappa shape index (κ1) is 18.3. The van der Waals surface area contributed by atoms with E-state index in [0.717, 1.165) is 27.5 Å². The standard InChI is InChI=1S/C21H20N2O4/c1-14-7-9-16(10-8-14)18-12-11-15-5-3-4-6-17(15)19(18)27-21(25)23-13-22-20(24)26-2/h3-12H,13H2,1-2H3,(H,22,24)(H,23,25). The molecule has 3 rings (SSSR count). The van der Waals surface area contributed by atoms with Crippen LogP contribution in [0.3, 0.4) is 0 Å². The van der Waals surface area contributed by atoms with Gasteiger partial charge < -0.3 is 20.1 Å². The number of rotatable bonds is 4. The summed E-state index contributed by atoms with van der Waals surface area (Å²) in [5.74, 6) is 0.465. The Kier molecular flexibility index (Phi) is 5.56. The molecule has 0 saturated heterocycles. The molecule has 0 aliphatic heterocycles. The SMILES string of the molecule is COC(=O)NCNC(=O)Oc1c(-c2ccc(C)cc2)ccc2ccccc12. The molecular formula is C21H20N2O4. The third-order valence-corrected chi connectivity index (χ3v) is 4.09. The predicted octanol–water partition coefficient (Wildman–Crippen LogP) is 4.22. The molecule has 0 aliphatic carbocycles. The highest BCUT2D eigenvalue weighted by atomic mass is 16.6. The monoisotopic (exact) mass is 364 g/mol. The average molecular weight is 364 g/mol. The first-order valence-corrected chi connectivity index (χ1v) is 8.45. The van der Waals surface area contributed by atoms with E-state index < -0.39 is 12.2 Å². The van der Waals surface area contributed by atoms with Crippen LogP contribution in [0.2, 0.25) is 0 Å². The number of benzene rings is 3. The molecule has 0 spiro atoms. The summed E-state index contributed by atoms with van der Waals surface area (Å²) in [4.78, 5) is 23.3. The number of fused-ring (bicyclic) bond motifs is 1. The molecule has 0 bridgehead atoms. The Hall–Kier alpha value is -3.54. The molecule has 0 fully saturated rings. The van der Waals surface area contributed by atoms with E-state index in [1.54, 1.807) is 0 Å². The summed E-state index contributed by atoms with van der Waals surface area (Å²) in [7, 11) is 1.25. The molecule has 138 valence electrons. The normalized spacial score (nSPS) is 10.3. The fraction of sp³-hybridized carbons (Fsp3) is 0.143. The van der Waals surface area contributed by atoms with Gasteiger partial charge in [-0.2, -0.15) is 0 Å². The molecule has 0 radical (unpaired) electrons. The zero-order valence-corrected chi connectivity index (χ0v) is 15.1. The molecule has 0 heterocycles. The lowest BCUT2D eigenvalue weighted by Crippen LogP contribution is -2.38. The Balaban J connectivity index is 1.91. The van der Waals surface area contributed by atoms with Crippen molar-refractivity contribution in [1.29, 1.82) is 0 Å². The van der Waals surface area contributed by atoms with Crippen LogP contribution in [0.5, 0.6) is 5.75 Å². The molecule has 0 saturated carbocycles. The molecule has 3 aromatic carbocycles. The number of aryl methyl sites for hydroxylation is 1. The number of amides is 2. The van der Waals surface area contributed by atoms with Gasteiger partial charge in [-0.05, 0) is 23.9 Å². The van der Waals surface area contributed by atoms with E-state index in [-0.39, 0.29) is 6.67 Å². The Labute approximate surface area is 157 Å². The summed E-state index contributed by atoms with van der Waals surface area (Å²) in [6.45, 7) is 1.92. The minimum absolute atomic E-state index is 0.101. The zero-order valence-electron chi connectivity index (χ0n) is 15.1. The van der Waals surface area contributed by atoms with Crippen LogP contribution < -0.4 is 15.4 Å². The molecule has 0 aliphatic rings. The first-order valence-electron chi connectivity index (χ1n) is 8.45. The fourth-order valence-electron chi connectivity index (χ4n) is 2.70. The van der Waals surface area contributed by atoms with E-state index in [9.17, 15) is 9.59 Å².